The lowest BCUT2D eigenvalue weighted by molar-refractivity contribution is 0.255. The monoisotopic (exact) mass is 454 g/mol. The normalized spacial score (nSPS) is 14.9. The van der Waals surface area contributed by atoms with Gasteiger partial charge in [-0.3, -0.25) is 4.98 Å². The summed E-state index contributed by atoms with van der Waals surface area (Å²) in [6.45, 7) is 8.97. The Morgan fingerprint density at radius 2 is 1.88 bits per heavy atom. The number of rotatable bonds is 5. The lowest BCUT2D eigenvalue weighted by Crippen LogP contribution is -2.29. The summed E-state index contributed by atoms with van der Waals surface area (Å²) in [5.74, 6) is 8.03. The number of benzene rings is 1. The summed E-state index contributed by atoms with van der Waals surface area (Å²) in [4.78, 5) is 11.4. The van der Waals surface area contributed by atoms with Gasteiger partial charge in [-0.25, -0.2) is 4.98 Å². The molecule has 0 unspecified atom stereocenters. The predicted octanol–water partition coefficient (Wildman–Crippen LogP) is 5.51. The molecule has 5 nitrogen and oxygen atoms in total. The minimum Gasteiger partial charge on any atom is -0.485 e. The van der Waals surface area contributed by atoms with Crippen LogP contribution in [0.25, 0.3) is 11.3 Å². The fraction of sp³-hybridized carbons (Fsp3) is 0.379. The number of hydrogen-bond acceptors (Lipinski definition) is 5. The van der Waals surface area contributed by atoms with E-state index in [0.29, 0.717) is 24.1 Å². The second-order valence-electron chi connectivity index (χ2n) is 10.1. The molecule has 1 aliphatic rings. The zero-order valence-corrected chi connectivity index (χ0v) is 20.6. The summed E-state index contributed by atoms with van der Waals surface area (Å²) in [6.07, 6.45) is 6.01. The van der Waals surface area contributed by atoms with Crippen LogP contribution in [-0.2, 0) is 6.61 Å². The maximum absolute atomic E-state index is 6.13. The first-order chi connectivity index (χ1) is 16.3. The zero-order valence-electron chi connectivity index (χ0n) is 20.6. The van der Waals surface area contributed by atoms with Gasteiger partial charge in [-0.05, 0) is 101 Å². The standard InChI is InChI=1S/C29H34N4O/c1-29(2,3)12-8-21-6-5-7-22(16-21)20-34-27-18-25(19-32-28(27)30)26-17-24(9-13-31-26)23-10-14-33(4)15-11-23/h5-7,9,13,16-19,23H,10-11,14-15,20H2,1-4H3,(H2,30,32). The molecule has 3 aromatic rings. The summed E-state index contributed by atoms with van der Waals surface area (Å²) in [6, 6.07) is 14.4. The number of nitrogens with zero attached hydrogens (tertiary/aromatic N) is 3. The van der Waals surface area contributed by atoms with Gasteiger partial charge in [0.2, 0.25) is 0 Å². The molecule has 2 aromatic heterocycles. The number of anilines is 1. The molecule has 34 heavy (non-hydrogen) atoms. The average molecular weight is 455 g/mol. The molecular weight excluding hydrogens is 420 g/mol. The molecule has 1 fully saturated rings. The van der Waals surface area contributed by atoms with Crippen molar-refractivity contribution in [2.75, 3.05) is 25.9 Å². The minimum absolute atomic E-state index is 0.0360. The van der Waals surface area contributed by atoms with Crippen molar-refractivity contribution in [3.63, 3.8) is 0 Å². The number of piperidine rings is 1. The molecule has 0 atom stereocenters. The fourth-order valence-corrected chi connectivity index (χ4v) is 4.07. The van der Waals surface area contributed by atoms with Crippen molar-refractivity contribution in [3.8, 4) is 28.8 Å². The van der Waals surface area contributed by atoms with Crippen LogP contribution in [0, 0.1) is 17.3 Å². The Hall–Kier alpha value is -3.36. The molecule has 1 aliphatic heterocycles. The molecule has 5 heteroatoms. The number of ether oxygens (including phenoxy) is 1. The number of nitrogens with two attached hydrogens (primary N) is 1. The summed E-state index contributed by atoms with van der Waals surface area (Å²) in [7, 11) is 2.19. The SMILES string of the molecule is CN1CCC(c2ccnc(-c3cnc(N)c(OCc4cccc(C#CC(C)(C)C)c4)c3)c2)CC1. The van der Waals surface area contributed by atoms with Crippen molar-refractivity contribution in [1.82, 2.24) is 14.9 Å². The van der Waals surface area contributed by atoms with E-state index in [9.17, 15) is 0 Å². The van der Waals surface area contributed by atoms with Crippen LogP contribution in [-0.4, -0.2) is 35.0 Å². The molecule has 0 aliphatic carbocycles. The number of nitrogen functional groups attached to an aromatic ring is 1. The lowest BCUT2D eigenvalue weighted by atomic mass is 9.89. The van der Waals surface area contributed by atoms with Crippen LogP contribution in [0.5, 0.6) is 5.75 Å². The number of hydrogen-bond donors (Lipinski definition) is 1. The third kappa shape index (κ3) is 6.36. The van der Waals surface area contributed by atoms with E-state index in [-0.39, 0.29) is 5.41 Å². The van der Waals surface area contributed by atoms with Crippen molar-refractivity contribution in [3.05, 3.63) is 71.5 Å². The molecule has 0 spiro atoms. The van der Waals surface area contributed by atoms with E-state index in [0.717, 1.165) is 35.5 Å². The van der Waals surface area contributed by atoms with E-state index >= 15 is 0 Å². The van der Waals surface area contributed by atoms with E-state index in [1.54, 1.807) is 6.20 Å². The first-order valence-electron chi connectivity index (χ1n) is 11.9. The summed E-state index contributed by atoms with van der Waals surface area (Å²) in [5, 5.41) is 0. The smallest absolute Gasteiger partial charge is 0.166 e. The van der Waals surface area contributed by atoms with Crippen molar-refractivity contribution >= 4 is 5.82 Å². The molecule has 4 rings (SSSR count). The van der Waals surface area contributed by atoms with Crippen LogP contribution in [0.4, 0.5) is 5.82 Å². The molecule has 176 valence electrons. The largest absolute Gasteiger partial charge is 0.485 e. The zero-order chi connectivity index (χ0) is 24.1. The quantitative estimate of drug-likeness (QED) is 0.515. The van der Waals surface area contributed by atoms with Gasteiger partial charge in [0.1, 0.15) is 6.61 Å². The van der Waals surface area contributed by atoms with Crippen molar-refractivity contribution in [2.24, 2.45) is 5.41 Å². The number of pyridine rings is 2. The fourth-order valence-electron chi connectivity index (χ4n) is 4.07. The summed E-state index contributed by atoms with van der Waals surface area (Å²) in [5.41, 5.74) is 11.3. The highest BCUT2D eigenvalue weighted by Gasteiger charge is 2.19. The van der Waals surface area contributed by atoms with Gasteiger partial charge in [-0.2, -0.15) is 0 Å². The van der Waals surface area contributed by atoms with Crippen LogP contribution in [0.3, 0.4) is 0 Å². The Bertz CT molecular complexity index is 1190. The van der Waals surface area contributed by atoms with Gasteiger partial charge in [0.05, 0.1) is 5.69 Å². The second-order valence-corrected chi connectivity index (χ2v) is 10.1. The van der Waals surface area contributed by atoms with Crippen molar-refractivity contribution < 1.29 is 4.74 Å². The van der Waals surface area contributed by atoms with Gasteiger partial charge in [-0.15, -0.1) is 0 Å². The highest BCUT2D eigenvalue weighted by atomic mass is 16.5. The molecule has 0 amide bonds. The molecule has 1 aromatic carbocycles. The Kier molecular flexibility index (Phi) is 7.19. The van der Waals surface area contributed by atoms with Gasteiger partial charge >= 0.3 is 0 Å². The van der Waals surface area contributed by atoms with E-state index in [2.05, 4.69) is 72.7 Å². The third-order valence-corrected chi connectivity index (χ3v) is 6.05. The maximum Gasteiger partial charge on any atom is 0.166 e. The van der Waals surface area contributed by atoms with Gasteiger partial charge in [0.25, 0.3) is 0 Å². The van der Waals surface area contributed by atoms with Gasteiger partial charge in [0, 0.05) is 28.9 Å². The average Bonchev–Trinajstić information content (AvgIpc) is 2.83. The minimum atomic E-state index is -0.0360. The molecule has 0 saturated carbocycles. The van der Waals surface area contributed by atoms with Gasteiger partial charge < -0.3 is 15.4 Å². The van der Waals surface area contributed by atoms with Crippen LogP contribution in [0.15, 0.2) is 54.9 Å². The highest BCUT2D eigenvalue weighted by molar-refractivity contribution is 5.64. The predicted molar refractivity (Wildman–Crippen MR) is 138 cm³/mol. The Balaban J connectivity index is 1.49. The maximum atomic E-state index is 6.13. The van der Waals surface area contributed by atoms with Crippen LogP contribution >= 0.6 is 0 Å². The van der Waals surface area contributed by atoms with Crippen molar-refractivity contribution in [1.29, 1.82) is 0 Å². The summed E-state index contributed by atoms with van der Waals surface area (Å²) >= 11 is 0. The lowest BCUT2D eigenvalue weighted by Gasteiger charge is -2.29. The first kappa shape index (κ1) is 23.8. The molecule has 0 radical (unpaired) electrons. The molecular formula is C29H34N4O. The van der Waals surface area contributed by atoms with Gasteiger partial charge in [-0.1, -0.05) is 24.0 Å². The molecule has 2 N–H and O–H groups in total. The van der Waals surface area contributed by atoms with Crippen LogP contribution in [0.2, 0.25) is 0 Å². The van der Waals surface area contributed by atoms with Gasteiger partial charge in [0.15, 0.2) is 11.6 Å². The molecule has 3 heterocycles. The highest BCUT2D eigenvalue weighted by Crippen LogP contribution is 2.31. The topological polar surface area (TPSA) is 64.3 Å². The van der Waals surface area contributed by atoms with Crippen molar-refractivity contribution in [2.45, 2.75) is 46.1 Å². The van der Waals surface area contributed by atoms with E-state index in [4.69, 9.17) is 10.5 Å². The Morgan fingerprint density at radius 1 is 1.09 bits per heavy atom. The van der Waals surface area contributed by atoms with E-state index in [1.807, 2.05) is 30.5 Å². The van der Waals surface area contributed by atoms with Crippen LogP contribution < -0.4 is 10.5 Å². The Morgan fingerprint density at radius 3 is 2.65 bits per heavy atom. The van der Waals surface area contributed by atoms with Crippen LogP contribution in [0.1, 0.15) is 56.2 Å². The Labute approximate surface area is 203 Å². The number of likely N-dealkylation sites (tertiary alicyclic amines) is 1. The summed E-state index contributed by atoms with van der Waals surface area (Å²) < 4.78 is 6.07. The molecule has 0 bridgehead atoms. The first-order valence-corrected chi connectivity index (χ1v) is 11.9. The van der Waals surface area contributed by atoms with E-state index < -0.39 is 0 Å². The molecule has 1 saturated heterocycles. The third-order valence-electron chi connectivity index (χ3n) is 6.05. The van der Waals surface area contributed by atoms with E-state index in [1.165, 1.54) is 18.4 Å². The number of aromatic nitrogens is 2. The second kappa shape index (κ2) is 10.3.